The second-order valence-corrected chi connectivity index (χ2v) is 10.8. The number of amides is 2. The van der Waals surface area contributed by atoms with E-state index in [2.05, 4.69) is 10.2 Å². The van der Waals surface area contributed by atoms with Crippen molar-refractivity contribution < 1.29 is 14.3 Å². The molecule has 2 aromatic carbocycles. The lowest BCUT2D eigenvalue weighted by Crippen LogP contribution is -2.45. The summed E-state index contributed by atoms with van der Waals surface area (Å²) in [4.78, 5) is 35.9. The van der Waals surface area contributed by atoms with Crippen molar-refractivity contribution in [2.24, 2.45) is 0 Å². The number of thiophene rings is 1. The van der Waals surface area contributed by atoms with Crippen LogP contribution in [0.15, 0.2) is 72.2 Å². The quantitative estimate of drug-likeness (QED) is 0.311. The van der Waals surface area contributed by atoms with Gasteiger partial charge in [0, 0.05) is 48.6 Å². The van der Waals surface area contributed by atoms with Gasteiger partial charge < -0.3 is 9.64 Å². The molecule has 4 aromatic rings. The highest BCUT2D eigenvalue weighted by atomic mass is 35.5. The molecule has 1 aliphatic heterocycles. The Morgan fingerprint density at radius 3 is 2.51 bits per heavy atom. The Labute approximate surface area is 236 Å². The molecule has 0 saturated carbocycles. The SMILES string of the molecule is Cc1ccc(-n2cc(-c3ccc(Cl)cc3)nc2NC(=O)CN(CCN2CCOCC2)C(=O)c2cccs2)cc1. The first-order valence-corrected chi connectivity index (χ1v) is 14.1. The monoisotopic (exact) mass is 563 g/mol. The molecule has 5 rings (SSSR count). The summed E-state index contributed by atoms with van der Waals surface area (Å²) in [6, 6.07) is 19.0. The van der Waals surface area contributed by atoms with Gasteiger partial charge in [-0.05, 0) is 42.6 Å². The van der Waals surface area contributed by atoms with Crippen molar-refractivity contribution >= 4 is 40.7 Å². The number of anilines is 1. The number of aryl methyl sites for hydroxylation is 1. The van der Waals surface area contributed by atoms with Crippen LogP contribution in [0, 0.1) is 6.92 Å². The molecule has 1 aliphatic rings. The van der Waals surface area contributed by atoms with E-state index in [1.165, 1.54) is 11.3 Å². The highest BCUT2D eigenvalue weighted by Crippen LogP contribution is 2.26. The van der Waals surface area contributed by atoms with Crippen molar-refractivity contribution in [2.45, 2.75) is 6.92 Å². The van der Waals surface area contributed by atoms with Gasteiger partial charge in [0.1, 0.15) is 6.54 Å². The molecule has 0 unspecified atom stereocenters. The zero-order valence-electron chi connectivity index (χ0n) is 21.7. The fourth-order valence-corrected chi connectivity index (χ4v) is 5.18. The summed E-state index contributed by atoms with van der Waals surface area (Å²) in [5.74, 6) is -0.0915. The Morgan fingerprint density at radius 2 is 1.82 bits per heavy atom. The van der Waals surface area contributed by atoms with Crippen LogP contribution in [0.3, 0.4) is 0 Å². The molecule has 0 bridgehead atoms. The third kappa shape index (κ3) is 6.93. The molecule has 1 fully saturated rings. The summed E-state index contributed by atoms with van der Waals surface area (Å²) in [6.45, 7) is 6.03. The highest BCUT2D eigenvalue weighted by molar-refractivity contribution is 7.12. The van der Waals surface area contributed by atoms with E-state index in [0.717, 1.165) is 29.9 Å². The third-order valence-corrected chi connectivity index (χ3v) is 7.66. The van der Waals surface area contributed by atoms with Crippen LogP contribution in [0.4, 0.5) is 5.95 Å². The molecule has 202 valence electrons. The van der Waals surface area contributed by atoms with Gasteiger partial charge in [-0.1, -0.05) is 47.5 Å². The first kappa shape index (κ1) is 27.1. The van der Waals surface area contributed by atoms with Crippen LogP contribution in [0.1, 0.15) is 15.2 Å². The Hall–Kier alpha value is -3.50. The molecule has 3 heterocycles. The predicted molar refractivity (Wildman–Crippen MR) is 155 cm³/mol. The van der Waals surface area contributed by atoms with Crippen LogP contribution in [0.5, 0.6) is 0 Å². The Kier molecular flexibility index (Phi) is 8.73. The summed E-state index contributed by atoms with van der Waals surface area (Å²) in [5.41, 5.74) is 3.56. The number of ether oxygens (including phenoxy) is 1. The van der Waals surface area contributed by atoms with Gasteiger partial charge >= 0.3 is 0 Å². The van der Waals surface area contributed by atoms with E-state index in [-0.39, 0.29) is 18.4 Å². The van der Waals surface area contributed by atoms with E-state index in [4.69, 9.17) is 21.3 Å². The topological polar surface area (TPSA) is 79.7 Å². The second-order valence-electron chi connectivity index (χ2n) is 9.37. The summed E-state index contributed by atoms with van der Waals surface area (Å²) in [6.07, 6.45) is 1.89. The number of benzene rings is 2. The van der Waals surface area contributed by atoms with Crippen LogP contribution in [-0.2, 0) is 9.53 Å². The number of rotatable bonds is 9. The van der Waals surface area contributed by atoms with E-state index in [0.29, 0.717) is 47.8 Å². The number of nitrogens with one attached hydrogen (secondary N) is 1. The molecular weight excluding hydrogens is 534 g/mol. The van der Waals surface area contributed by atoms with Gasteiger partial charge in [0.05, 0.1) is 23.8 Å². The number of morpholine rings is 1. The first-order chi connectivity index (χ1) is 19.0. The van der Waals surface area contributed by atoms with Crippen LogP contribution < -0.4 is 5.32 Å². The number of hydrogen-bond donors (Lipinski definition) is 1. The maximum absolute atomic E-state index is 13.4. The smallest absolute Gasteiger partial charge is 0.264 e. The van der Waals surface area contributed by atoms with Crippen molar-refractivity contribution in [3.05, 3.63) is 87.7 Å². The average molecular weight is 564 g/mol. The van der Waals surface area contributed by atoms with Crippen LogP contribution in [0.25, 0.3) is 16.9 Å². The maximum Gasteiger partial charge on any atom is 0.264 e. The minimum absolute atomic E-state index is 0.0852. The van der Waals surface area contributed by atoms with Crippen molar-refractivity contribution in [2.75, 3.05) is 51.3 Å². The molecule has 1 saturated heterocycles. The van der Waals surface area contributed by atoms with Gasteiger partial charge in [-0.25, -0.2) is 4.98 Å². The minimum Gasteiger partial charge on any atom is -0.379 e. The average Bonchev–Trinajstić information content (AvgIpc) is 3.63. The molecule has 1 N–H and O–H groups in total. The van der Waals surface area contributed by atoms with Crippen LogP contribution in [0.2, 0.25) is 5.02 Å². The molecule has 0 spiro atoms. The molecule has 39 heavy (non-hydrogen) atoms. The minimum atomic E-state index is -0.316. The zero-order chi connectivity index (χ0) is 27.2. The number of hydrogen-bond acceptors (Lipinski definition) is 6. The summed E-state index contributed by atoms with van der Waals surface area (Å²) >= 11 is 7.45. The van der Waals surface area contributed by atoms with Crippen LogP contribution in [-0.4, -0.2) is 77.1 Å². The van der Waals surface area contributed by atoms with Crippen LogP contribution >= 0.6 is 22.9 Å². The first-order valence-electron chi connectivity index (χ1n) is 12.8. The fourth-order valence-electron chi connectivity index (χ4n) is 4.36. The normalized spacial score (nSPS) is 13.8. The number of aromatic nitrogens is 2. The lowest BCUT2D eigenvalue weighted by molar-refractivity contribution is -0.117. The molecule has 0 atom stereocenters. The molecule has 2 amide bonds. The van der Waals surface area contributed by atoms with E-state index >= 15 is 0 Å². The molecule has 0 aliphatic carbocycles. The zero-order valence-corrected chi connectivity index (χ0v) is 23.3. The van der Waals surface area contributed by atoms with Crippen molar-refractivity contribution in [1.82, 2.24) is 19.4 Å². The number of carbonyl (C=O) groups is 2. The van der Waals surface area contributed by atoms with E-state index in [9.17, 15) is 9.59 Å². The summed E-state index contributed by atoms with van der Waals surface area (Å²) in [7, 11) is 0. The summed E-state index contributed by atoms with van der Waals surface area (Å²) < 4.78 is 7.28. The Balaban J connectivity index is 1.37. The van der Waals surface area contributed by atoms with E-state index in [1.54, 1.807) is 11.0 Å². The van der Waals surface area contributed by atoms with E-state index in [1.807, 2.05) is 77.7 Å². The largest absolute Gasteiger partial charge is 0.379 e. The van der Waals surface area contributed by atoms with Gasteiger partial charge in [-0.3, -0.25) is 24.4 Å². The third-order valence-electron chi connectivity index (χ3n) is 6.55. The summed E-state index contributed by atoms with van der Waals surface area (Å²) in [5, 5.41) is 5.46. The van der Waals surface area contributed by atoms with Crippen molar-refractivity contribution in [3.8, 4) is 16.9 Å². The molecular formula is C29H30ClN5O3S. The highest BCUT2D eigenvalue weighted by Gasteiger charge is 2.23. The molecule has 10 heteroatoms. The maximum atomic E-state index is 13.4. The van der Waals surface area contributed by atoms with E-state index < -0.39 is 0 Å². The number of nitrogens with zero attached hydrogens (tertiary/aromatic N) is 4. The Bertz CT molecular complexity index is 1400. The fraction of sp³-hybridized carbons (Fsp3) is 0.276. The lowest BCUT2D eigenvalue weighted by atomic mass is 10.2. The molecule has 8 nitrogen and oxygen atoms in total. The lowest BCUT2D eigenvalue weighted by Gasteiger charge is -2.29. The standard InChI is InChI=1S/C29H30ClN5O3S/c1-21-4-10-24(11-5-21)35-19-25(22-6-8-23(30)9-7-22)31-29(35)32-27(36)20-34(28(37)26-3-2-18-39-26)13-12-33-14-16-38-17-15-33/h2-11,18-19H,12-17,20H2,1H3,(H,31,32,36). The van der Waals surface area contributed by atoms with Gasteiger partial charge in [0.2, 0.25) is 11.9 Å². The van der Waals surface area contributed by atoms with Gasteiger partial charge in [0.15, 0.2) is 0 Å². The molecule has 0 radical (unpaired) electrons. The van der Waals surface area contributed by atoms with Gasteiger partial charge in [-0.2, -0.15) is 0 Å². The van der Waals surface area contributed by atoms with Crippen molar-refractivity contribution in [3.63, 3.8) is 0 Å². The van der Waals surface area contributed by atoms with Gasteiger partial charge in [-0.15, -0.1) is 11.3 Å². The van der Waals surface area contributed by atoms with Gasteiger partial charge in [0.25, 0.3) is 5.91 Å². The van der Waals surface area contributed by atoms with Crippen molar-refractivity contribution in [1.29, 1.82) is 0 Å². The number of carbonyl (C=O) groups excluding carboxylic acids is 2. The Morgan fingerprint density at radius 1 is 1.08 bits per heavy atom. The number of halogens is 1. The molecule has 2 aromatic heterocycles. The second kappa shape index (κ2) is 12.6. The predicted octanol–water partition coefficient (Wildman–Crippen LogP) is 4.98. The number of imidazole rings is 1.